The van der Waals surface area contributed by atoms with Gasteiger partial charge in [-0.2, -0.15) is 0 Å². The van der Waals surface area contributed by atoms with Crippen molar-refractivity contribution in [2.75, 3.05) is 33.4 Å². The number of carbonyl (C=O) groups excluding carboxylic acids is 1. The van der Waals surface area contributed by atoms with E-state index in [0.29, 0.717) is 18.4 Å². The van der Waals surface area contributed by atoms with Crippen molar-refractivity contribution in [1.82, 2.24) is 14.5 Å². The van der Waals surface area contributed by atoms with Gasteiger partial charge in [0.2, 0.25) is 5.91 Å². The van der Waals surface area contributed by atoms with Gasteiger partial charge in [-0.05, 0) is 56.7 Å². The minimum atomic E-state index is 0.260. The van der Waals surface area contributed by atoms with E-state index in [1.807, 2.05) is 35.4 Å². The fourth-order valence-corrected chi connectivity index (χ4v) is 4.77. The maximum Gasteiger partial charge on any atom is 0.222 e. The van der Waals surface area contributed by atoms with Crippen LogP contribution in [-0.2, 0) is 16.0 Å². The molecule has 30 heavy (non-hydrogen) atoms. The van der Waals surface area contributed by atoms with Crippen LogP contribution in [0.15, 0.2) is 30.5 Å². The summed E-state index contributed by atoms with van der Waals surface area (Å²) in [5, 5.41) is 0. The summed E-state index contributed by atoms with van der Waals surface area (Å²) >= 11 is 0. The van der Waals surface area contributed by atoms with Gasteiger partial charge in [-0.25, -0.2) is 4.98 Å². The minimum Gasteiger partial charge on any atom is -0.497 e. The average Bonchev–Trinajstić information content (AvgIpc) is 3.20. The maximum absolute atomic E-state index is 12.7. The molecule has 0 N–H and O–H groups in total. The largest absolute Gasteiger partial charge is 0.497 e. The zero-order chi connectivity index (χ0) is 20.9. The Morgan fingerprint density at radius 1 is 1.13 bits per heavy atom. The molecule has 0 bridgehead atoms. The van der Waals surface area contributed by atoms with E-state index in [1.165, 1.54) is 17.1 Å². The Kier molecular flexibility index (Phi) is 6.72. The van der Waals surface area contributed by atoms with Crippen LogP contribution in [0, 0.1) is 6.92 Å². The van der Waals surface area contributed by atoms with Crippen LogP contribution in [0.4, 0.5) is 0 Å². The molecule has 2 aromatic rings. The quantitative estimate of drug-likeness (QED) is 0.724. The number of amides is 1. The normalized spacial score (nSPS) is 18.5. The molecule has 0 spiro atoms. The Morgan fingerprint density at radius 2 is 1.83 bits per heavy atom. The Bertz CT molecular complexity index is 832. The highest BCUT2D eigenvalue weighted by Crippen LogP contribution is 2.32. The topological polar surface area (TPSA) is 56.6 Å². The third-order valence-corrected chi connectivity index (χ3v) is 6.57. The molecule has 0 saturated carbocycles. The van der Waals surface area contributed by atoms with E-state index >= 15 is 0 Å². The van der Waals surface area contributed by atoms with Gasteiger partial charge >= 0.3 is 0 Å². The maximum atomic E-state index is 12.7. The summed E-state index contributed by atoms with van der Waals surface area (Å²) in [6.45, 7) is 5.48. The van der Waals surface area contributed by atoms with Gasteiger partial charge in [0.05, 0.1) is 7.11 Å². The van der Waals surface area contributed by atoms with E-state index in [0.717, 1.165) is 64.2 Å². The predicted molar refractivity (Wildman–Crippen MR) is 116 cm³/mol. The number of nitrogens with zero attached hydrogens (tertiary/aromatic N) is 3. The van der Waals surface area contributed by atoms with Gasteiger partial charge in [0.25, 0.3) is 0 Å². The van der Waals surface area contributed by atoms with Gasteiger partial charge < -0.3 is 18.9 Å². The highest BCUT2D eigenvalue weighted by Gasteiger charge is 2.29. The van der Waals surface area contributed by atoms with Gasteiger partial charge in [-0.3, -0.25) is 4.79 Å². The monoisotopic (exact) mass is 411 g/mol. The second kappa shape index (κ2) is 9.65. The minimum absolute atomic E-state index is 0.260. The third kappa shape index (κ3) is 4.69. The Morgan fingerprint density at radius 3 is 2.50 bits per heavy atom. The van der Waals surface area contributed by atoms with Crippen LogP contribution in [0.3, 0.4) is 0 Å². The van der Waals surface area contributed by atoms with Gasteiger partial charge in [0.15, 0.2) is 0 Å². The van der Waals surface area contributed by atoms with E-state index < -0.39 is 0 Å². The van der Waals surface area contributed by atoms with Crippen molar-refractivity contribution in [2.24, 2.45) is 0 Å². The van der Waals surface area contributed by atoms with Crippen molar-refractivity contribution < 1.29 is 14.3 Å². The lowest BCUT2D eigenvalue weighted by Crippen LogP contribution is -2.39. The summed E-state index contributed by atoms with van der Waals surface area (Å²) in [7, 11) is 1.67. The number of aryl methyl sites for hydroxylation is 2. The number of methoxy groups -OCH3 is 1. The highest BCUT2D eigenvalue weighted by molar-refractivity contribution is 5.76. The van der Waals surface area contributed by atoms with Crippen LogP contribution in [0.2, 0.25) is 0 Å². The van der Waals surface area contributed by atoms with Crippen molar-refractivity contribution in [2.45, 2.75) is 57.4 Å². The van der Waals surface area contributed by atoms with E-state index in [-0.39, 0.29) is 5.91 Å². The van der Waals surface area contributed by atoms with Crippen molar-refractivity contribution in [3.8, 4) is 5.75 Å². The first-order chi connectivity index (χ1) is 14.7. The first kappa shape index (κ1) is 20.9. The zero-order valence-corrected chi connectivity index (χ0v) is 18.2. The van der Waals surface area contributed by atoms with Crippen LogP contribution < -0.4 is 4.74 Å². The molecular formula is C24H33N3O3. The molecule has 4 rings (SSSR count). The standard InChI is InChI=1S/C24H33N3O3/c1-18-17-25-24(20-11-15-30-16-12-20)27(18)21-9-13-26(14-10-21)23(28)8-5-19-3-6-22(29-2)7-4-19/h3-4,6-7,17,20-21H,5,8-16H2,1-2H3. The second-order valence-corrected chi connectivity index (χ2v) is 8.47. The summed E-state index contributed by atoms with van der Waals surface area (Å²) in [4.78, 5) is 19.5. The Labute approximate surface area is 179 Å². The van der Waals surface area contributed by atoms with E-state index in [2.05, 4.69) is 11.5 Å². The zero-order valence-electron chi connectivity index (χ0n) is 18.2. The highest BCUT2D eigenvalue weighted by atomic mass is 16.5. The number of carbonyl (C=O) groups is 1. The molecule has 162 valence electrons. The van der Waals surface area contributed by atoms with Gasteiger partial charge in [-0.1, -0.05) is 12.1 Å². The SMILES string of the molecule is COc1ccc(CCC(=O)N2CCC(n3c(C)cnc3C3CCOCC3)CC2)cc1. The van der Waals surface area contributed by atoms with Crippen LogP contribution in [0.1, 0.15) is 61.1 Å². The molecule has 2 aliphatic heterocycles. The van der Waals surface area contributed by atoms with E-state index in [9.17, 15) is 4.79 Å². The molecule has 1 amide bonds. The van der Waals surface area contributed by atoms with Crippen LogP contribution >= 0.6 is 0 Å². The van der Waals surface area contributed by atoms with Crippen LogP contribution in [0.25, 0.3) is 0 Å². The molecule has 2 aliphatic rings. The van der Waals surface area contributed by atoms with Crippen LogP contribution in [-0.4, -0.2) is 53.8 Å². The first-order valence-electron chi connectivity index (χ1n) is 11.2. The molecule has 2 fully saturated rings. The summed E-state index contributed by atoms with van der Waals surface area (Å²) < 4.78 is 13.2. The van der Waals surface area contributed by atoms with Crippen molar-refractivity contribution in [3.63, 3.8) is 0 Å². The molecule has 6 nitrogen and oxygen atoms in total. The fourth-order valence-electron chi connectivity index (χ4n) is 4.77. The number of rotatable bonds is 6. The molecule has 0 radical (unpaired) electrons. The van der Waals surface area contributed by atoms with Gasteiger partial charge in [0, 0.05) is 56.6 Å². The van der Waals surface area contributed by atoms with Crippen LogP contribution in [0.5, 0.6) is 5.75 Å². The first-order valence-corrected chi connectivity index (χ1v) is 11.2. The number of piperidine rings is 1. The smallest absolute Gasteiger partial charge is 0.222 e. The average molecular weight is 412 g/mol. The Balaban J connectivity index is 1.31. The molecule has 0 unspecified atom stereocenters. The van der Waals surface area contributed by atoms with E-state index in [4.69, 9.17) is 14.5 Å². The number of hydrogen-bond acceptors (Lipinski definition) is 4. The second-order valence-electron chi connectivity index (χ2n) is 8.47. The molecule has 0 atom stereocenters. The number of likely N-dealkylation sites (tertiary alicyclic amines) is 1. The van der Waals surface area contributed by atoms with Gasteiger partial charge in [-0.15, -0.1) is 0 Å². The lowest BCUT2D eigenvalue weighted by atomic mass is 9.97. The number of imidazole rings is 1. The van der Waals surface area contributed by atoms with Crippen molar-refractivity contribution >= 4 is 5.91 Å². The number of ether oxygens (including phenoxy) is 2. The number of benzene rings is 1. The predicted octanol–water partition coefficient (Wildman–Crippen LogP) is 3.89. The summed E-state index contributed by atoms with van der Waals surface area (Å²) in [5.41, 5.74) is 2.41. The lowest BCUT2D eigenvalue weighted by Gasteiger charge is -2.35. The molecule has 0 aliphatic carbocycles. The van der Waals surface area contributed by atoms with E-state index in [1.54, 1.807) is 7.11 Å². The fraction of sp³-hybridized carbons (Fsp3) is 0.583. The lowest BCUT2D eigenvalue weighted by molar-refractivity contribution is -0.132. The molecule has 1 aromatic heterocycles. The Hall–Kier alpha value is -2.34. The third-order valence-electron chi connectivity index (χ3n) is 6.57. The molecule has 3 heterocycles. The molecule has 2 saturated heterocycles. The summed E-state index contributed by atoms with van der Waals surface area (Å²) in [5.74, 6) is 2.83. The number of aromatic nitrogens is 2. The van der Waals surface area contributed by atoms with Crippen molar-refractivity contribution in [3.05, 3.63) is 47.5 Å². The molecule has 1 aromatic carbocycles. The molecule has 6 heteroatoms. The summed E-state index contributed by atoms with van der Waals surface area (Å²) in [6.07, 6.45) is 7.46. The number of hydrogen-bond donors (Lipinski definition) is 0. The van der Waals surface area contributed by atoms with Crippen molar-refractivity contribution in [1.29, 1.82) is 0 Å². The summed E-state index contributed by atoms with van der Waals surface area (Å²) in [6, 6.07) is 8.43. The molecular weight excluding hydrogens is 378 g/mol. The van der Waals surface area contributed by atoms with Gasteiger partial charge in [0.1, 0.15) is 11.6 Å².